The van der Waals surface area contributed by atoms with Gasteiger partial charge in [-0.1, -0.05) is 11.6 Å². The molecule has 2 aromatic rings. The van der Waals surface area contributed by atoms with Gasteiger partial charge in [0, 0.05) is 5.69 Å². The molecular weight excluding hydrogens is 254 g/mol. The van der Waals surface area contributed by atoms with E-state index in [0.29, 0.717) is 34.1 Å². The highest BCUT2D eigenvalue weighted by atomic mass is 35.5. The fourth-order valence-corrected chi connectivity index (χ4v) is 1.60. The molecule has 92 valence electrons. The Bertz CT molecular complexity index is 607. The molecule has 1 aromatic heterocycles. The van der Waals surface area contributed by atoms with E-state index in [1.807, 2.05) is 0 Å². The van der Waals surface area contributed by atoms with Crippen LogP contribution < -0.4 is 11.1 Å². The lowest BCUT2D eigenvalue weighted by Crippen LogP contribution is -2.12. The molecule has 0 fully saturated rings. The summed E-state index contributed by atoms with van der Waals surface area (Å²) < 4.78 is 0. The summed E-state index contributed by atoms with van der Waals surface area (Å²) in [5.74, 6) is -0.357. The standard InChI is InChI=1S/C12H10ClN3O2/c13-9-5-7(1-3-10(9)14)16-12(18)11-4-2-8(6-17)15-11/h1-6,15H,14H2,(H,16,18). The number of aldehydes is 1. The van der Waals surface area contributed by atoms with E-state index in [0.717, 1.165) is 0 Å². The van der Waals surface area contributed by atoms with Gasteiger partial charge in [0.1, 0.15) is 5.69 Å². The zero-order valence-electron chi connectivity index (χ0n) is 9.24. The lowest BCUT2D eigenvalue weighted by Gasteiger charge is -2.05. The second kappa shape index (κ2) is 4.93. The Hall–Kier alpha value is -2.27. The number of carbonyl (C=O) groups excluding carboxylic acids is 2. The highest BCUT2D eigenvalue weighted by Gasteiger charge is 2.09. The quantitative estimate of drug-likeness (QED) is 0.586. The van der Waals surface area contributed by atoms with E-state index in [4.69, 9.17) is 17.3 Å². The number of hydrogen-bond acceptors (Lipinski definition) is 3. The van der Waals surface area contributed by atoms with Gasteiger partial charge in [0.05, 0.1) is 16.4 Å². The first-order valence-electron chi connectivity index (χ1n) is 5.10. The van der Waals surface area contributed by atoms with Gasteiger partial charge >= 0.3 is 0 Å². The Balaban J connectivity index is 2.15. The van der Waals surface area contributed by atoms with Crippen LogP contribution in [0.1, 0.15) is 21.0 Å². The van der Waals surface area contributed by atoms with E-state index >= 15 is 0 Å². The van der Waals surface area contributed by atoms with Crippen molar-refractivity contribution in [3.63, 3.8) is 0 Å². The third kappa shape index (κ3) is 2.52. The molecule has 5 nitrogen and oxygen atoms in total. The van der Waals surface area contributed by atoms with Gasteiger partial charge in [0.15, 0.2) is 6.29 Å². The molecule has 2 rings (SSSR count). The van der Waals surface area contributed by atoms with Gasteiger partial charge in [-0.2, -0.15) is 0 Å². The Morgan fingerprint density at radius 3 is 2.72 bits per heavy atom. The number of nitrogens with two attached hydrogens (primary N) is 1. The highest BCUT2D eigenvalue weighted by molar-refractivity contribution is 6.33. The SMILES string of the molecule is Nc1ccc(NC(=O)c2ccc(C=O)[nH]2)cc1Cl. The van der Waals surface area contributed by atoms with Crippen molar-refractivity contribution in [1.82, 2.24) is 4.98 Å². The van der Waals surface area contributed by atoms with E-state index in [1.165, 1.54) is 12.1 Å². The van der Waals surface area contributed by atoms with E-state index in [1.54, 1.807) is 18.2 Å². The van der Waals surface area contributed by atoms with Crippen molar-refractivity contribution in [2.45, 2.75) is 0 Å². The van der Waals surface area contributed by atoms with E-state index < -0.39 is 0 Å². The molecule has 0 spiro atoms. The lowest BCUT2D eigenvalue weighted by atomic mass is 10.2. The summed E-state index contributed by atoms with van der Waals surface area (Å²) >= 11 is 5.84. The molecule has 0 aliphatic rings. The average molecular weight is 264 g/mol. The molecule has 0 saturated heterocycles. The van der Waals surface area contributed by atoms with Crippen molar-refractivity contribution in [3.8, 4) is 0 Å². The maximum atomic E-state index is 11.8. The predicted molar refractivity (Wildman–Crippen MR) is 70.0 cm³/mol. The van der Waals surface area contributed by atoms with Crippen LogP contribution in [0.2, 0.25) is 5.02 Å². The van der Waals surface area contributed by atoms with Crippen molar-refractivity contribution in [2.75, 3.05) is 11.1 Å². The molecular formula is C12H10ClN3O2. The predicted octanol–water partition coefficient (Wildman–Crippen LogP) is 2.32. The number of anilines is 2. The second-order valence-corrected chi connectivity index (χ2v) is 4.04. The maximum absolute atomic E-state index is 11.8. The monoisotopic (exact) mass is 263 g/mol. The van der Waals surface area contributed by atoms with Gasteiger partial charge in [-0.05, 0) is 30.3 Å². The molecule has 0 atom stereocenters. The molecule has 0 unspecified atom stereocenters. The summed E-state index contributed by atoms with van der Waals surface area (Å²) in [6.07, 6.45) is 0.636. The van der Waals surface area contributed by atoms with Crippen LogP contribution in [-0.2, 0) is 0 Å². The minimum absolute atomic E-state index is 0.296. The van der Waals surface area contributed by atoms with Gasteiger partial charge in [0.2, 0.25) is 0 Å². The minimum Gasteiger partial charge on any atom is -0.398 e. The third-order valence-electron chi connectivity index (χ3n) is 2.34. The topological polar surface area (TPSA) is 88.0 Å². The van der Waals surface area contributed by atoms with E-state index in [2.05, 4.69) is 10.3 Å². The summed E-state index contributed by atoms with van der Waals surface area (Å²) in [6.45, 7) is 0. The second-order valence-electron chi connectivity index (χ2n) is 3.64. The van der Waals surface area contributed by atoms with Crippen LogP contribution >= 0.6 is 11.6 Å². The Kier molecular flexibility index (Phi) is 3.34. The molecule has 0 radical (unpaired) electrons. The smallest absolute Gasteiger partial charge is 0.272 e. The van der Waals surface area contributed by atoms with Crippen molar-refractivity contribution in [3.05, 3.63) is 46.7 Å². The lowest BCUT2D eigenvalue weighted by molar-refractivity contribution is 0.102. The number of nitrogen functional groups attached to an aromatic ring is 1. The molecule has 6 heteroatoms. The van der Waals surface area contributed by atoms with Crippen LogP contribution in [0, 0.1) is 0 Å². The summed E-state index contributed by atoms with van der Waals surface area (Å²) in [5.41, 5.74) is 7.17. The summed E-state index contributed by atoms with van der Waals surface area (Å²) in [4.78, 5) is 25.0. The van der Waals surface area contributed by atoms with Crippen LogP contribution in [0.25, 0.3) is 0 Å². The number of H-pyrrole nitrogens is 1. The highest BCUT2D eigenvalue weighted by Crippen LogP contribution is 2.22. The fraction of sp³-hybridized carbons (Fsp3) is 0. The normalized spacial score (nSPS) is 10.1. The molecule has 0 aliphatic carbocycles. The van der Waals surface area contributed by atoms with Crippen molar-refractivity contribution in [2.24, 2.45) is 0 Å². The molecule has 4 N–H and O–H groups in total. The number of halogens is 1. The molecule has 1 heterocycles. The average Bonchev–Trinajstić information content (AvgIpc) is 2.82. The molecule has 0 saturated carbocycles. The number of aromatic amines is 1. The molecule has 0 bridgehead atoms. The number of rotatable bonds is 3. The van der Waals surface area contributed by atoms with Gasteiger partial charge in [0.25, 0.3) is 5.91 Å². The summed E-state index contributed by atoms with van der Waals surface area (Å²) in [5, 5.41) is 3.01. The van der Waals surface area contributed by atoms with Crippen LogP contribution in [-0.4, -0.2) is 17.2 Å². The Morgan fingerprint density at radius 2 is 2.11 bits per heavy atom. The number of hydrogen-bond donors (Lipinski definition) is 3. The number of amides is 1. The summed E-state index contributed by atoms with van der Waals surface area (Å²) in [6, 6.07) is 7.85. The van der Waals surface area contributed by atoms with E-state index in [9.17, 15) is 9.59 Å². The van der Waals surface area contributed by atoms with Gasteiger partial charge in [-0.15, -0.1) is 0 Å². The first kappa shape index (κ1) is 12.2. The number of nitrogens with one attached hydrogen (secondary N) is 2. The number of benzene rings is 1. The first-order valence-corrected chi connectivity index (χ1v) is 5.48. The number of aromatic nitrogens is 1. The van der Waals surface area contributed by atoms with Gasteiger partial charge < -0.3 is 16.0 Å². The van der Waals surface area contributed by atoms with E-state index in [-0.39, 0.29) is 5.91 Å². The van der Waals surface area contributed by atoms with Crippen LogP contribution in [0.5, 0.6) is 0 Å². The summed E-state index contributed by atoms with van der Waals surface area (Å²) in [7, 11) is 0. The molecule has 1 amide bonds. The van der Waals surface area contributed by atoms with Crippen LogP contribution in [0.4, 0.5) is 11.4 Å². The molecule has 1 aromatic carbocycles. The van der Waals surface area contributed by atoms with Crippen molar-refractivity contribution >= 4 is 35.2 Å². The van der Waals surface area contributed by atoms with Gasteiger partial charge in [-0.3, -0.25) is 9.59 Å². The fourth-order valence-electron chi connectivity index (χ4n) is 1.42. The largest absolute Gasteiger partial charge is 0.398 e. The first-order chi connectivity index (χ1) is 8.60. The van der Waals surface area contributed by atoms with Crippen LogP contribution in [0.3, 0.4) is 0 Å². The maximum Gasteiger partial charge on any atom is 0.272 e. The zero-order chi connectivity index (χ0) is 13.1. The van der Waals surface area contributed by atoms with Crippen molar-refractivity contribution in [1.29, 1.82) is 0 Å². The van der Waals surface area contributed by atoms with Gasteiger partial charge in [-0.25, -0.2) is 0 Å². The number of carbonyl (C=O) groups is 2. The molecule has 18 heavy (non-hydrogen) atoms. The Morgan fingerprint density at radius 1 is 1.33 bits per heavy atom. The van der Waals surface area contributed by atoms with Crippen LogP contribution in [0.15, 0.2) is 30.3 Å². The Labute approximate surface area is 108 Å². The third-order valence-corrected chi connectivity index (χ3v) is 2.67. The van der Waals surface area contributed by atoms with Crippen molar-refractivity contribution < 1.29 is 9.59 Å². The molecule has 0 aliphatic heterocycles. The minimum atomic E-state index is -0.357. The zero-order valence-corrected chi connectivity index (χ0v) is 9.99.